The molecule has 4 unspecified atom stereocenters. The Labute approximate surface area is 110 Å². The summed E-state index contributed by atoms with van der Waals surface area (Å²) in [5.41, 5.74) is 6.41. The fourth-order valence-electron chi connectivity index (χ4n) is 3.65. The molecule has 1 heterocycles. The van der Waals surface area contributed by atoms with Crippen molar-refractivity contribution in [2.45, 2.75) is 38.1 Å². The standard InChI is InChI=1S/C13H18BrNS/c14-11-3-4-16-13(11)7-12(15)10-6-8-1-2-9(10)5-8/h3-4,8-10,12H,1-2,5-7,15H2. The first-order valence-corrected chi connectivity index (χ1v) is 7.88. The monoisotopic (exact) mass is 299 g/mol. The summed E-state index contributed by atoms with van der Waals surface area (Å²) < 4.78 is 1.25. The molecule has 1 aromatic rings. The molecule has 0 amide bonds. The second-order valence-electron chi connectivity index (χ2n) is 5.40. The smallest absolute Gasteiger partial charge is 0.0314 e. The maximum atomic E-state index is 6.41. The minimum atomic E-state index is 0.380. The molecule has 0 aromatic carbocycles. The minimum absolute atomic E-state index is 0.380. The van der Waals surface area contributed by atoms with Gasteiger partial charge in [0.25, 0.3) is 0 Å². The van der Waals surface area contributed by atoms with Crippen LogP contribution in [0.25, 0.3) is 0 Å². The molecule has 2 aliphatic carbocycles. The largest absolute Gasteiger partial charge is 0.327 e. The van der Waals surface area contributed by atoms with E-state index in [9.17, 15) is 0 Å². The molecule has 2 aliphatic rings. The van der Waals surface area contributed by atoms with E-state index in [0.717, 1.165) is 24.2 Å². The number of hydrogen-bond acceptors (Lipinski definition) is 2. The van der Waals surface area contributed by atoms with Crippen molar-refractivity contribution in [3.05, 3.63) is 20.8 Å². The van der Waals surface area contributed by atoms with E-state index in [1.807, 2.05) is 11.3 Å². The van der Waals surface area contributed by atoms with Crippen molar-refractivity contribution in [3.8, 4) is 0 Å². The van der Waals surface area contributed by atoms with Crippen molar-refractivity contribution in [2.24, 2.45) is 23.5 Å². The third-order valence-electron chi connectivity index (χ3n) is 4.45. The van der Waals surface area contributed by atoms with Gasteiger partial charge in [-0.3, -0.25) is 0 Å². The van der Waals surface area contributed by atoms with Crippen molar-refractivity contribution < 1.29 is 0 Å². The summed E-state index contributed by atoms with van der Waals surface area (Å²) in [7, 11) is 0. The number of nitrogens with two attached hydrogens (primary N) is 1. The maximum absolute atomic E-state index is 6.41. The average molecular weight is 300 g/mol. The molecule has 0 spiro atoms. The van der Waals surface area contributed by atoms with Crippen molar-refractivity contribution in [1.82, 2.24) is 0 Å². The molecule has 2 N–H and O–H groups in total. The lowest BCUT2D eigenvalue weighted by Crippen LogP contribution is -2.35. The second kappa shape index (κ2) is 4.43. The lowest BCUT2D eigenvalue weighted by Gasteiger charge is -2.27. The van der Waals surface area contributed by atoms with E-state index in [4.69, 9.17) is 5.73 Å². The zero-order valence-electron chi connectivity index (χ0n) is 9.36. The van der Waals surface area contributed by atoms with Crippen LogP contribution in [-0.4, -0.2) is 6.04 Å². The molecule has 0 radical (unpaired) electrons. The van der Waals surface area contributed by atoms with E-state index in [2.05, 4.69) is 27.4 Å². The van der Waals surface area contributed by atoms with Crippen LogP contribution in [-0.2, 0) is 6.42 Å². The van der Waals surface area contributed by atoms with Crippen molar-refractivity contribution in [2.75, 3.05) is 0 Å². The fourth-order valence-corrected chi connectivity index (χ4v) is 5.24. The third-order valence-corrected chi connectivity index (χ3v) is 6.40. The zero-order chi connectivity index (χ0) is 11.1. The molecule has 0 saturated heterocycles. The molecule has 1 aromatic heterocycles. The lowest BCUT2D eigenvalue weighted by molar-refractivity contribution is 0.281. The number of thiophene rings is 1. The summed E-state index contributed by atoms with van der Waals surface area (Å²) in [5, 5.41) is 2.15. The third kappa shape index (κ3) is 1.98. The maximum Gasteiger partial charge on any atom is 0.0314 e. The predicted molar refractivity (Wildman–Crippen MR) is 72.6 cm³/mol. The highest BCUT2D eigenvalue weighted by Crippen LogP contribution is 2.49. The minimum Gasteiger partial charge on any atom is -0.327 e. The Morgan fingerprint density at radius 2 is 2.31 bits per heavy atom. The summed E-state index contributed by atoms with van der Waals surface area (Å²) in [5.74, 6) is 2.75. The van der Waals surface area contributed by atoms with E-state index in [1.54, 1.807) is 0 Å². The Morgan fingerprint density at radius 3 is 2.88 bits per heavy atom. The summed E-state index contributed by atoms with van der Waals surface area (Å²) in [6.07, 6.45) is 6.83. The predicted octanol–water partition coefficient (Wildman–Crippen LogP) is 3.82. The molecular formula is C13H18BrNS. The van der Waals surface area contributed by atoms with Gasteiger partial charge >= 0.3 is 0 Å². The van der Waals surface area contributed by atoms with Gasteiger partial charge in [0.15, 0.2) is 0 Å². The van der Waals surface area contributed by atoms with Crippen LogP contribution in [0.15, 0.2) is 15.9 Å². The first-order chi connectivity index (χ1) is 7.74. The Balaban J connectivity index is 1.66. The molecule has 4 atom stereocenters. The molecular weight excluding hydrogens is 282 g/mol. The molecule has 3 rings (SSSR count). The van der Waals surface area contributed by atoms with Gasteiger partial charge < -0.3 is 5.73 Å². The number of fused-ring (bicyclic) bond motifs is 2. The molecule has 2 fully saturated rings. The summed E-state index contributed by atoms with van der Waals surface area (Å²) in [4.78, 5) is 1.43. The highest BCUT2D eigenvalue weighted by atomic mass is 79.9. The van der Waals surface area contributed by atoms with Gasteiger partial charge in [-0.1, -0.05) is 6.42 Å². The summed E-state index contributed by atoms with van der Waals surface area (Å²) >= 11 is 5.43. The lowest BCUT2D eigenvalue weighted by atomic mass is 9.82. The number of rotatable bonds is 3. The Morgan fingerprint density at radius 1 is 1.44 bits per heavy atom. The van der Waals surface area contributed by atoms with Gasteiger partial charge in [-0.05, 0) is 70.8 Å². The van der Waals surface area contributed by atoms with Gasteiger partial charge in [-0.15, -0.1) is 11.3 Å². The van der Waals surface area contributed by atoms with Gasteiger partial charge in [0, 0.05) is 15.4 Å². The quantitative estimate of drug-likeness (QED) is 0.902. The molecule has 2 bridgehead atoms. The van der Waals surface area contributed by atoms with Gasteiger partial charge in [0.2, 0.25) is 0 Å². The first-order valence-electron chi connectivity index (χ1n) is 6.21. The Kier molecular flexibility index (Phi) is 3.11. The van der Waals surface area contributed by atoms with E-state index in [1.165, 1.54) is 35.0 Å². The first kappa shape index (κ1) is 11.2. The van der Waals surface area contributed by atoms with Crippen LogP contribution >= 0.6 is 27.3 Å². The van der Waals surface area contributed by atoms with Crippen LogP contribution in [0.1, 0.15) is 30.6 Å². The molecule has 0 aliphatic heterocycles. The summed E-state index contributed by atoms with van der Waals surface area (Å²) in [6.45, 7) is 0. The Bertz CT molecular complexity index is 376. The van der Waals surface area contributed by atoms with Crippen LogP contribution in [0.3, 0.4) is 0 Å². The van der Waals surface area contributed by atoms with Gasteiger partial charge in [-0.25, -0.2) is 0 Å². The normalized spacial score (nSPS) is 34.5. The number of hydrogen-bond donors (Lipinski definition) is 1. The van der Waals surface area contributed by atoms with Crippen molar-refractivity contribution in [3.63, 3.8) is 0 Å². The topological polar surface area (TPSA) is 26.0 Å². The van der Waals surface area contributed by atoms with Crippen LogP contribution in [0.2, 0.25) is 0 Å². The highest BCUT2D eigenvalue weighted by molar-refractivity contribution is 9.10. The van der Waals surface area contributed by atoms with Crippen LogP contribution in [0.5, 0.6) is 0 Å². The molecule has 88 valence electrons. The molecule has 1 nitrogen and oxygen atoms in total. The fraction of sp³-hybridized carbons (Fsp3) is 0.692. The van der Waals surface area contributed by atoms with Crippen molar-refractivity contribution in [1.29, 1.82) is 0 Å². The van der Waals surface area contributed by atoms with E-state index < -0.39 is 0 Å². The molecule has 3 heteroatoms. The van der Waals surface area contributed by atoms with Crippen molar-refractivity contribution >= 4 is 27.3 Å². The SMILES string of the molecule is NC(Cc1sccc1Br)C1CC2CCC1C2. The highest BCUT2D eigenvalue weighted by Gasteiger charge is 2.42. The second-order valence-corrected chi connectivity index (χ2v) is 7.25. The number of halogens is 1. The zero-order valence-corrected chi connectivity index (χ0v) is 11.8. The van der Waals surface area contributed by atoms with E-state index in [0.29, 0.717) is 6.04 Å². The molecule has 2 saturated carbocycles. The average Bonchev–Trinajstić information content (AvgIpc) is 2.95. The van der Waals surface area contributed by atoms with E-state index in [-0.39, 0.29) is 0 Å². The van der Waals surface area contributed by atoms with Gasteiger partial charge in [-0.2, -0.15) is 0 Å². The van der Waals surface area contributed by atoms with Gasteiger partial charge in [0.05, 0.1) is 0 Å². The molecule has 16 heavy (non-hydrogen) atoms. The summed E-state index contributed by atoms with van der Waals surface area (Å²) in [6, 6.07) is 2.51. The van der Waals surface area contributed by atoms with Crippen LogP contribution < -0.4 is 5.73 Å². The van der Waals surface area contributed by atoms with Crippen LogP contribution in [0.4, 0.5) is 0 Å². The van der Waals surface area contributed by atoms with Crippen LogP contribution in [0, 0.1) is 17.8 Å². The van der Waals surface area contributed by atoms with E-state index >= 15 is 0 Å². The van der Waals surface area contributed by atoms with Gasteiger partial charge in [0.1, 0.15) is 0 Å². The Hall–Kier alpha value is 0.140.